The van der Waals surface area contributed by atoms with Crippen LogP contribution in [0.4, 0.5) is 0 Å². The van der Waals surface area contributed by atoms with Crippen molar-refractivity contribution in [3.05, 3.63) is 91.2 Å². The van der Waals surface area contributed by atoms with E-state index in [0.717, 1.165) is 32.8 Å². The minimum Gasteiger partial charge on any atom is -0.357 e. The topological polar surface area (TPSA) is 62.5 Å². The normalized spacial score (nSPS) is 12.1. The van der Waals surface area contributed by atoms with Gasteiger partial charge in [0.2, 0.25) is 4.80 Å². The van der Waals surface area contributed by atoms with E-state index in [-0.39, 0.29) is 5.78 Å². The van der Waals surface area contributed by atoms with Gasteiger partial charge in [0.1, 0.15) is 0 Å². The quantitative estimate of drug-likeness (QED) is 0.187. The molecule has 0 aliphatic carbocycles. The van der Waals surface area contributed by atoms with Crippen molar-refractivity contribution in [3.63, 3.8) is 0 Å². The van der Waals surface area contributed by atoms with Gasteiger partial charge >= 0.3 is 0 Å². The van der Waals surface area contributed by atoms with E-state index in [0.29, 0.717) is 15.4 Å². The van der Waals surface area contributed by atoms with Gasteiger partial charge in [0.25, 0.3) is 0 Å². The highest BCUT2D eigenvalue weighted by Gasteiger charge is 2.11. The first-order valence-electron chi connectivity index (χ1n) is 9.42. The van der Waals surface area contributed by atoms with Crippen molar-refractivity contribution in [3.8, 4) is 16.9 Å². The number of aromatic nitrogens is 2. The molecule has 4 rings (SSSR count). The Morgan fingerprint density at radius 1 is 1.16 bits per heavy atom. The molecule has 0 amide bonds. The molecule has 1 N–H and O–H groups in total. The Hall–Kier alpha value is -2.74. The van der Waals surface area contributed by atoms with Gasteiger partial charge in [0.05, 0.1) is 17.6 Å². The fourth-order valence-corrected chi connectivity index (χ4v) is 4.45. The Labute approximate surface area is 196 Å². The van der Waals surface area contributed by atoms with Crippen LogP contribution >= 0.6 is 38.9 Å². The van der Waals surface area contributed by atoms with Crippen LogP contribution in [0.5, 0.6) is 0 Å². The number of H-pyrrole nitrogens is 1. The maximum Gasteiger partial charge on any atom is 0.215 e. The summed E-state index contributed by atoms with van der Waals surface area (Å²) < 4.78 is 3.06. The predicted octanol–water partition coefficient (Wildman–Crippen LogP) is 6.40. The molecule has 2 aromatic heterocycles. The number of ketones is 1. The maximum atomic E-state index is 11.7. The number of aryl methyl sites for hydroxylation is 1. The fourth-order valence-electron chi connectivity index (χ4n) is 3.20. The lowest BCUT2D eigenvalue weighted by Crippen LogP contribution is -2.13. The largest absolute Gasteiger partial charge is 0.357 e. The fraction of sp³-hybridized carbons (Fsp3) is 0.0870. The third-order valence-corrected chi connectivity index (χ3v) is 6.28. The molecule has 5 nitrogen and oxygen atoms in total. The Kier molecular flexibility index (Phi) is 6.36. The summed E-state index contributed by atoms with van der Waals surface area (Å²) in [6, 6.07) is 17.5. The number of rotatable bonds is 5. The summed E-state index contributed by atoms with van der Waals surface area (Å²) in [6.07, 6.45) is 1.62. The van der Waals surface area contributed by atoms with Crippen LogP contribution in [0.1, 0.15) is 28.7 Å². The highest BCUT2D eigenvalue weighted by Crippen LogP contribution is 2.25. The second kappa shape index (κ2) is 9.18. The minimum atomic E-state index is 0.0170. The first-order chi connectivity index (χ1) is 14.9. The van der Waals surface area contributed by atoms with E-state index in [1.807, 2.05) is 47.9 Å². The van der Waals surface area contributed by atoms with Crippen LogP contribution in [-0.4, -0.2) is 21.5 Å². The van der Waals surface area contributed by atoms with E-state index in [1.165, 1.54) is 11.3 Å². The van der Waals surface area contributed by atoms with Crippen LogP contribution in [0.25, 0.3) is 16.9 Å². The first kappa shape index (κ1) is 21.5. The van der Waals surface area contributed by atoms with Gasteiger partial charge in [-0.05, 0) is 61.9 Å². The molecule has 0 saturated carbocycles. The number of nitrogens with one attached hydrogen (secondary N) is 1. The molecular weight excluding hydrogens is 496 g/mol. The van der Waals surface area contributed by atoms with Crippen LogP contribution in [0.3, 0.4) is 0 Å². The minimum absolute atomic E-state index is 0.0170. The lowest BCUT2D eigenvalue weighted by atomic mass is 10.1. The van der Waals surface area contributed by atoms with Crippen molar-refractivity contribution in [1.29, 1.82) is 0 Å². The number of thiazole rings is 1. The summed E-state index contributed by atoms with van der Waals surface area (Å²) in [5.74, 6) is 0.0170. The van der Waals surface area contributed by atoms with E-state index in [2.05, 4.69) is 48.6 Å². The molecular formula is C23H18BrClN4OS. The predicted molar refractivity (Wildman–Crippen MR) is 130 cm³/mol. The molecule has 8 heteroatoms. The third kappa shape index (κ3) is 4.79. The zero-order valence-electron chi connectivity index (χ0n) is 16.8. The monoisotopic (exact) mass is 512 g/mol. The van der Waals surface area contributed by atoms with Crippen molar-refractivity contribution in [1.82, 2.24) is 9.55 Å². The van der Waals surface area contributed by atoms with Gasteiger partial charge in [0.15, 0.2) is 5.78 Å². The molecule has 0 atom stereocenters. The highest BCUT2D eigenvalue weighted by molar-refractivity contribution is 9.10. The van der Waals surface area contributed by atoms with Crippen molar-refractivity contribution in [2.75, 3.05) is 0 Å². The van der Waals surface area contributed by atoms with Gasteiger partial charge < -0.3 is 4.98 Å². The molecule has 0 fully saturated rings. The van der Waals surface area contributed by atoms with Crippen LogP contribution in [0.15, 0.2) is 74.7 Å². The third-order valence-electron chi connectivity index (χ3n) is 4.69. The summed E-state index contributed by atoms with van der Waals surface area (Å²) in [5.41, 5.74) is 5.21. The molecule has 0 radical (unpaired) electrons. The van der Waals surface area contributed by atoms with Gasteiger partial charge in [-0.15, -0.1) is 16.4 Å². The van der Waals surface area contributed by atoms with Crippen LogP contribution in [0, 0.1) is 6.92 Å². The van der Waals surface area contributed by atoms with Gasteiger partial charge in [-0.1, -0.05) is 39.7 Å². The Morgan fingerprint density at radius 2 is 1.87 bits per heavy atom. The summed E-state index contributed by atoms with van der Waals surface area (Å²) in [6.45, 7) is 3.41. The number of aromatic amines is 1. The molecule has 0 unspecified atom stereocenters. The standard InChI is InChI=1S/C23H18BrClN4OS/c1-14-21(15(2)30)11-19(27-14)12-26-28-23-29(20-9-7-18(25)8-10-20)22(13-31-23)16-3-5-17(24)6-4-16/h3-13,27H,1-2H3/b26-12-,28-23+. The summed E-state index contributed by atoms with van der Waals surface area (Å²) >= 11 is 11.1. The van der Waals surface area contributed by atoms with Crippen LogP contribution in [0.2, 0.25) is 5.02 Å². The summed E-state index contributed by atoms with van der Waals surface area (Å²) in [5, 5.41) is 11.4. The van der Waals surface area contributed by atoms with Crippen molar-refractivity contribution in [2.24, 2.45) is 10.2 Å². The number of carbonyl (C=O) groups excluding carboxylic acids is 1. The number of hydrogen-bond donors (Lipinski definition) is 1. The number of benzene rings is 2. The molecule has 2 aromatic carbocycles. The summed E-state index contributed by atoms with van der Waals surface area (Å²) in [4.78, 5) is 15.5. The number of hydrogen-bond acceptors (Lipinski definition) is 4. The second-order valence-corrected chi connectivity index (χ2v) is 9.08. The van der Waals surface area contributed by atoms with Crippen LogP contribution in [-0.2, 0) is 0 Å². The average molecular weight is 514 g/mol. The summed E-state index contributed by atoms with van der Waals surface area (Å²) in [7, 11) is 0. The lowest BCUT2D eigenvalue weighted by molar-refractivity contribution is 0.101. The molecule has 4 aromatic rings. The first-order valence-corrected chi connectivity index (χ1v) is 11.5. The maximum absolute atomic E-state index is 11.7. The molecule has 0 spiro atoms. The number of nitrogens with zero attached hydrogens (tertiary/aromatic N) is 3. The molecule has 2 heterocycles. The van der Waals surface area contributed by atoms with E-state index in [9.17, 15) is 4.79 Å². The highest BCUT2D eigenvalue weighted by atomic mass is 79.9. The van der Waals surface area contributed by atoms with E-state index in [4.69, 9.17) is 11.6 Å². The van der Waals surface area contributed by atoms with Crippen molar-refractivity contribution < 1.29 is 4.79 Å². The number of halogens is 2. The number of Topliss-reactive ketones (excluding diaryl/α,β-unsaturated/α-hetero) is 1. The van der Waals surface area contributed by atoms with Crippen molar-refractivity contribution in [2.45, 2.75) is 13.8 Å². The molecule has 31 heavy (non-hydrogen) atoms. The number of carbonyl (C=O) groups is 1. The van der Waals surface area contributed by atoms with Gasteiger partial charge in [-0.2, -0.15) is 5.10 Å². The zero-order chi connectivity index (χ0) is 22.0. The van der Waals surface area contributed by atoms with Gasteiger partial charge in [0, 0.05) is 31.8 Å². The SMILES string of the molecule is CC(=O)c1cc(/C=N\N=c2\scc(-c3ccc(Br)cc3)n2-c2ccc(Cl)cc2)[nH]c1C. The smallest absolute Gasteiger partial charge is 0.215 e. The molecule has 0 aliphatic rings. The molecule has 0 bridgehead atoms. The second-order valence-electron chi connectivity index (χ2n) is 6.89. The Balaban J connectivity index is 1.78. The Morgan fingerprint density at radius 3 is 2.52 bits per heavy atom. The zero-order valence-corrected chi connectivity index (χ0v) is 19.9. The van der Waals surface area contributed by atoms with Crippen molar-refractivity contribution >= 4 is 50.9 Å². The molecule has 0 saturated heterocycles. The average Bonchev–Trinajstić information content (AvgIpc) is 3.33. The van der Waals surface area contributed by atoms with Crippen LogP contribution < -0.4 is 4.80 Å². The van der Waals surface area contributed by atoms with E-state index in [1.54, 1.807) is 19.2 Å². The van der Waals surface area contributed by atoms with Gasteiger partial charge in [-0.3, -0.25) is 9.36 Å². The van der Waals surface area contributed by atoms with E-state index >= 15 is 0 Å². The lowest BCUT2D eigenvalue weighted by Gasteiger charge is -2.09. The van der Waals surface area contributed by atoms with Gasteiger partial charge in [-0.25, -0.2) is 0 Å². The molecule has 0 aliphatic heterocycles. The van der Waals surface area contributed by atoms with E-state index < -0.39 is 0 Å². The molecule has 156 valence electrons. The Bertz CT molecular complexity index is 1330.